The molecule has 0 saturated heterocycles. The molecule has 0 radical (unpaired) electrons. The van der Waals surface area contributed by atoms with Crippen LogP contribution in [0.25, 0.3) is 65.8 Å². The molecule has 5 aromatic carbocycles. The Labute approximate surface area is 187 Å². The summed E-state index contributed by atoms with van der Waals surface area (Å²) in [7, 11) is 0. The monoisotopic (exact) mass is 430 g/mol. The van der Waals surface area contributed by atoms with E-state index in [1.807, 2.05) is 30.3 Å². The van der Waals surface area contributed by atoms with Crippen LogP contribution in [0.5, 0.6) is 0 Å². The number of hydrogen-bond acceptors (Lipinski definition) is 3. The van der Waals surface area contributed by atoms with Gasteiger partial charge in [0, 0.05) is 10.6 Å². The third kappa shape index (κ3) is 2.49. The summed E-state index contributed by atoms with van der Waals surface area (Å²) in [5.41, 5.74) is 3.74. The third-order valence-electron chi connectivity index (χ3n) is 6.19. The first-order valence-corrected chi connectivity index (χ1v) is 10.8. The van der Waals surface area contributed by atoms with Gasteiger partial charge in [-0.1, -0.05) is 78.3 Å². The molecular formula is C28H15ClN2O. The first-order chi connectivity index (χ1) is 15.8. The summed E-state index contributed by atoms with van der Waals surface area (Å²) in [5.74, 6) is 0. The van der Waals surface area contributed by atoms with Gasteiger partial charge in [-0.15, -0.1) is 0 Å². The molecule has 3 nitrogen and oxygen atoms in total. The van der Waals surface area contributed by atoms with Crippen molar-refractivity contribution in [3.63, 3.8) is 0 Å². The molecule has 0 aliphatic rings. The molecule has 150 valence electrons. The molecule has 2 aromatic heterocycles. The van der Waals surface area contributed by atoms with Gasteiger partial charge in [-0.25, -0.2) is 9.97 Å². The largest absolute Gasteiger partial charge is 0.436 e. The molecule has 0 aliphatic heterocycles. The lowest BCUT2D eigenvalue weighted by atomic mass is 9.96. The molecule has 7 aromatic rings. The maximum Gasteiger partial charge on any atom is 0.246 e. The fourth-order valence-corrected chi connectivity index (χ4v) is 4.91. The molecular weight excluding hydrogens is 416 g/mol. The lowest BCUT2D eigenvalue weighted by Gasteiger charge is -2.08. The van der Waals surface area contributed by atoms with Crippen molar-refractivity contribution in [3.05, 3.63) is 96.1 Å². The predicted octanol–water partition coefficient (Wildman–Crippen LogP) is 8.16. The average molecular weight is 431 g/mol. The predicted molar refractivity (Wildman–Crippen MR) is 132 cm³/mol. The molecule has 2 heterocycles. The number of aromatic nitrogens is 2. The average Bonchev–Trinajstić information content (AvgIpc) is 3.21. The summed E-state index contributed by atoms with van der Waals surface area (Å²) in [5, 5.41) is 8.94. The van der Waals surface area contributed by atoms with E-state index in [1.54, 1.807) is 6.20 Å². The van der Waals surface area contributed by atoms with Crippen molar-refractivity contribution in [2.75, 3.05) is 0 Å². The molecule has 0 bridgehead atoms. The first kappa shape index (κ1) is 17.7. The van der Waals surface area contributed by atoms with E-state index in [4.69, 9.17) is 26.0 Å². The van der Waals surface area contributed by atoms with Gasteiger partial charge in [0.15, 0.2) is 0 Å². The van der Waals surface area contributed by atoms with Gasteiger partial charge >= 0.3 is 0 Å². The summed E-state index contributed by atoms with van der Waals surface area (Å²) in [6, 6.07) is 29.0. The quantitative estimate of drug-likeness (QED) is 0.246. The third-order valence-corrected chi connectivity index (χ3v) is 6.42. The minimum atomic E-state index is 0.531. The van der Waals surface area contributed by atoms with Crippen molar-refractivity contribution in [1.82, 2.24) is 9.97 Å². The molecule has 32 heavy (non-hydrogen) atoms. The smallest absolute Gasteiger partial charge is 0.246 e. The lowest BCUT2D eigenvalue weighted by molar-refractivity contribution is 0.654. The van der Waals surface area contributed by atoms with Crippen molar-refractivity contribution in [1.29, 1.82) is 0 Å². The van der Waals surface area contributed by atoms with Crippen molar-refractivity contribution < 1.29 is 4.42 Å². The Kier molecular flexibility index (Phi) is 3.61. The van der Waals surface area contributed by atoms with Gasteiger partial charge < -0.3 is 4.42 Å². The summed E-state index contributed by atoms with van der Waals surface area (Å²) in [4.78, 5) is 9.50. The standard InChI is InChI=1S/C28H15ClN2O/c29-18-6-3-5-17(14-18)24-15-30-27-26-23-11-10-20-19-7-2-1-4-16(19)8-9-21(20)22(23)12-13-25(26)32-28(27)31-24/h1-15H. The van der Waals surface area contributed by atoms with E-state index in [1.165, 1.54) is 26.9 Å². The van der Waals surface area contributed by atoms with Gasteiger partial charge in [-0.05, 0) is 50.5 Å². The van der Waals surface area contributed by atoms with Gasteiger partial charge in [0.2, 0.25) is 5.71 Å². The van der Waals surface area contributed by atoms with Gasteiger partial charge in [-0.3, -0.25) is 0 Å². The minimum absolute atomic E-state index is 0.531. The molecule has 0 aliphatic carbocycles. The van der Waals surface area contributed by atoms with Crippen LogP contribution in [0, 0.1) is 0 Å². The van der Waals surface area contributed by atoms with Gasteiger partial charge in [0.25, 0.3) is 0 Å². The number of furan rings is 1. The highest BCUT2D eigenvalue weighted by atomic mass is 35.5. The molecule has 0 N–H and O–H groups in total. The fraction of sp³-hybridized carbons (Fsp3) is 0. The number of halogens is 1. The molecule has 0 fully saturated rings. The zero-order valence-electron chi connectivity index (χ0n) is 16.8. The van der Waals surface area contributed by atoms with E-state index >= 15 is 0 Å². The van der Waals surface area contributed by atoms with Crippen molar-refractivity contribution >= 4 is 66.1 Å². The Bertz CT molecular complexity index is 1850. The molecule has 0 unspecified atom stereocenters. The van der Waals surface area contributed by atoms with Crippen LogP contribution in [0.15, 0.2) is 95.5 Å². The molecule has 4 heteroatoms. The Morgan fingerprint density at radius 3 is 2.41 bits per heavy atom. The number of nitrogens with zero attached hydrogens (tertiary/aromatic N) is 2. The second-order valence-corrected chi connectivity index (χ2v) is 8.44. The highest BCUT2D eigenvalue weighted by Gasteiger charge is 2.16. The van der Waals surface area contributed by atoms with Gasteiger partial charge in [-0.2, -0.15) is 0 Å². The normalized spacial score (nSPS) is 11.9. The minimum Gasteiger partial charge on any atom is -0.436 e. The second kappa shape index (κ2) is 6.52. The van der Waals surface area contributed by atoms with Crippen LogP contribution in [-0.4, -0.2) is 9.97 Å². The summed E-state index contributed by atoms with van der Waals surface area (Å²) < 4.78 is 6.13. The Hall–Kier alpha value is -3.95. The zero-order valence-corrected chi connectivity index (χ0v) is 17.6. The second-order valence-electron chi connectivity index (χ2n) is 8.00. The SMILES string of the molecule is Clc1cccc(-c2cnc3c(n2)oc2ccc4c5ccc6ccccc6c5ccc4c23)c1. The first-order valence-electron chi connectivity index (χ1n) is 10.4. The number of benzene rings is 5. The van der Waals surface area contributed by atoms with E-state index in [2.05, 4.69) is 54.6 Å². The van der Waals surface area contributed by atoms with Gasteiger partial charge in [0.1, 0.15) is 11.1 Å². The van der Waals surface area contributed by atoms with Crippen molar-refractivity contribution in [3.8, 4) is 11.3 Å². The molecule has 0 amide bonds. The fourth-order valence-electron chi connectivity index (χ4n) is 4.72. The van der Waals surface area contributed by atoms with E-state index < -0.39 is 0 Å². The molecule has 0 atom stereocenters. The summed E-state index contributed by atoms with van der Waals surface area (Å²) in [6.07, 6.45) is 1.79. The summed E-state index contributed by atoms with van der Waals surface area (Å²) in [6.45, 7) is 0. The highest BCUT2D eigenvalue weighted by molar-refractivity contribution is 6.30. The van der Waals surface area contributed by atoms with Crippen LogP contribution in [-0.2, 0) is 0 Å². The number of rotatable bonds is 1. The molecule has 7 rings (SSSR count). The molecule has 0 spiro atoms. The zero-order chi connectivity index (χ0) is 21.2. The number of hydrogen-bond donors (Lipinski definition) is 0. The Morgan fingerprint density at radius 2 is 1.47 bits per heavy atom. The lowest BCUT2D eigenvalue weighted by Crippen LogP contribution is -1.86. The van der Waals surface area contributed by atoms with E-state index in [0.29, 0.717) is 10.7 Å². The van der Waals surface area contributed by atoms with Crippen molar-refractivity contribution in [2.24, 2.45) is 0 Å². The van der Waals surface area contributed by atoms with E-state index in [0.717, 1.165) is 33.1 Å². The Morgan fingerprint density at radius 1 is 0.688 bits per heavy atom. The van der Waals surface area contributed by atoms with Crippen molar-refractivity contribution in [2.45, 2.75) is 0 Å². The van der Waals surface area contributed by atoms with Crippen LogP contribution in [0.3, 0.4) is 0 Å². The maximum absolute atomic E-state index is 6.16. The van der Waals surface area contributed by atoms with Gasteiger partial charge in [0.05, 0.1) is 17.3 Å². The topological polar surface area (TPSA) is 38.9 Å². The maximum atomic E-state index is 6.16. The number of fused-ring (bicyclic) bond motifs is 9. The highest BCUT2D eigenvalue weighted by Crippen LogP contribution is 2.38. The van der Waals surface area contributed by atoms with E-state index in [9.17, 15) is 0 Å². The van der Waals surface area contributed by atoms with Crippen LogP contribution in [0.4, 0.5) is 0 Å². The molecule has 0 saturated carbocycles. The summed E-state index contributed by atoms with van der Waals surface area (Å²) >= 11 is 6.16. The van der Waals surface area contributed by atoms with Crippen LogP contribution in [0.1, 0.15) is 0 Å². The van der Waals surface area contributed by atoms with E-state index in [-0.39, 0.29) is 0 Å². The van der Waals surface area contributed by atoms with Crippen LogP contribution in [0.2, 0.25) is 5.02 Å². The Balaban J connectivity index is 1.53. The van der Waals surface area contributed by atoms with Crippen LogP contribution < -0.4 is 0 Å². The van der Waals surface area contributed by atoms with Crippen LogP contribution >= 0.6 is 11.6 Å².